The van der Waals surface area contributed by atoms with Crippen LogP contribution in [0.25, 0.3) is 0 Å². The molecule has 0 atom stereocenters. The number of benzene rings is 2. The summed E-state index contributed by atoms with van der Waals surface area (Å²) in [5.74, 6) is 0.0450. The Balaban J connectivity index is 2.08. The first-order chi connectivity index (χ1) is 11.9. The Morgan fingerprint density at radius 1 is 0.960 bits per heavy atom. The molecule has 0 radical (unpaired) electrons. The van der Waals surface area contributed by atoms with Crippen LogP contribution in [0.4, 0.5) is 11.4 Å². The average molecular weight is 340 g/mol. The molecular weight excluding hydrogens is 320 g/mol. The maximum absolute atomic E-state index is 12.2. The summed E-state index contributed by atoms with van der Waals surface area (Å²) in [7, 11) is 1.57. The Hall–Kier alpha value is -3.15. The Morgan fingerprint density at radius 2 is 1.56 bits per heavy atom. The van der Waals surface area contributed by atoms with Gasteiger partial charge < -0.3 is 15.0 Å². The molecule has 0 aliphatic rings. The molecule has 0 heterocycles. The van der Waals surface area contributed by atoms with E-state index in [-0.39, 0.29) is 24.1 Å². The SMILES string of the molecule is COc1ccc(NC(=O)CN(C(C)=O)c2ccc(C(C)=O)cc2)cc1. The largest absolute Gasteiger partial charge is 0.497 e. The zero-order valence-electron chi connectivity index (χ0n) is 14.4. The molecule has 0 aliphatic heterocycles. The van der Waals surface area contributed by atoms with Gasteiger partial charge >= 0.3 is 0 Å². The molecule has 1 N–H and O–H groups in total. The summed E-state index contributed by atoms with van der Waals surface area (Å²) in [5, 5.41) is 2.74. The number of nitrogens with one attached hydrogen (secondary N) is 1. The predicted octanol–water partition coefficient (Wildman–Crippen LogP) is 2.89. The van der Waals surface area contributed by atoms with Gasteiger partial charge in [0.15, 0.2) is 5.78 Å². The standard InChI is InChI=1S/C19H20N2O4/c1-13(22)15-4-8-17(9-5-15)21(14(2)23)12-19(24)20-16-6-10-18(25-3)11-7-16/h4-11H,12H2,1-3H3,(H,20,24). The summed E-state index contributed by atoms with van der Waals surface area (Å²) in [6.45, 7) is 2.74. The number of hydrogen-bond donors (Lipinski definition) is 1. The third-order valence-corrected chi connectivity index (χ3v) is 3.64. The van der Waals surface area contributed by atoms with Crippen LogP contribution >= 0.6 is 0 Å². The molecule has 0 saturated heterocycles. The van der Waals surface area contributed by atoms with Crippen LogP contribution in [0.2, 0.25) is 0 Å². The van der Waals surface area contributed by atoms with Crippen LogP contribution in [0.1, 0.15) is 24.2 Å². The Kier molecular flexibility index (Phi) is 5.89. The lowest BCUT2D eigenvalue weighted by molar-refractivity contribution is -0.120. The first-order valence-corrected chi connectivity index (χ1v) is 7.73. The first kappa shape index (κ1) is 18.2. The molecule has 6 nitrogen and oxygen atoms in total. The van der Waals surface area contributed by atoms with Gasteiger partial charge in [0.2, 0.25) is 11.8 Å². The zero-order chi connectivity index (χ0) is 18.4. The molecule has 0 spiro atoms. The summed E-state index contributed by atoms with van der Waals surface area (Å²) >= 11 is 0. The average Bonchev–Trinajstić information content (AvgIpc) is 2.60. The number of rotatable bonds is 6. The monoisotopic (exact) mass is 340 g/mol. The minimum absolute atomic E-state index is 0.0572. The van der Waals surface area contributed by atoms with Gasteiger partial charge in [0, 0.05) is 23.9 Å². The number of hydrogen-bond acceptors (Lipinski definition) is 4. The highest BCUT2D eigenvalue weighted by Crippen LogP contribution is 2.18. The van der Waals surface area contributed by atoms with Crippen molar-refractivity contribution in [1.29, 1.82) is 0 Å². The second kappa shape index (κ2) is 8.10. The molecule has 0 aromatic heterocycles. The number of carbonyl (C=O) groups excluding carboxylic acids is 3. The smallest absolute Gasteiger partial charge is 0.244 e. The van der Waals surface area contributed by atoms with E-state index in [0.717, 1.165) is 0 Å². The van der Waals surface area contributed by atoms with Crippen molar-refractivity contribution in [3.63, 3.8) is 0 Å². The van der Waals surface area contributed by atoms with Crippen molar-refractivity contribution in [1.82, 2.24) is 0 Å². The topological polar surface area (TPSA) is 75.7 Å². The molecule has 0 saturated carbocycles. The van der Waals surface area contributed by atoms with Gasteiger partial charge in [-0.3, -0.25) is 14.4 Å². The van der Waals surface area contributed by atoms with Crippen molar-refractivity contribution in [2.45, 2.75) is 13.8 Å². The molecule has 2 amide bonds. The molecule has 2 aromatic rings. The summed E-state index contributed by atoms with van der Waals surface area (Å²) in [5.41, 5.74) is 1.72. The molecule has 6 heteroatoms. The number of anilines is 2. The minimum atomic E-state index is -0.323. The van der Waals surface area contributed by atoms with Crippen molar-refractivity contribution < 1.29 is 19.1 Å². The number of carbonyl (C=O) groups is 3. The number of nitrogens with zero attached hydrogens (tertiary/aromatic N) is 1. The second-order valence-corrected chi connectivity index (χ2v) is 5.48. The van der Waals surface area contributed by atoms with Crippen LogP contribution in [0.15, 0.2) is 48.5 Å². The Labute approximate surface area is 146 Å². The highest BCUT2D eigenvalue weighted by Gasteiger charge is 2.16. The fourth-order valence-electron chi connectivity index (χ4n) is 2.28. The molecule has 25 heavy (non-hydrogen) atoms. The second-order valence-electron chi connectivity index (χ2n) is 5.48. The minimum Gasteiger partial charge on any atom is -0.497 e. The van der Waals surface area contributed by atoms with E-state index in [2.05, 4.69) is 5.32 Å². The van der Waals surface area contributed by atoms with E-state index in [4.69, 9.17) is 4.74 Å². The Bertz CT molecular complexity index is 767. The molecule has 0 fully saturated rings. The molecule has 0 aliphatic carbocycles. The van der Waals surface area contributed by atoms with Gasteiger partial charge in [-0.25, -0.2) is 0 Å². The van der Waals surface area contributed by atoms with Gasteiger partial charge in [-0.05, 0) is 55.5 Å². The molecule has 2 rings (SSSR count). The van der Waals surface area contributed by atoms with Crippen molar-refractivity contribution in [2.75, 3.05) is 23.9 Å². The normalized spacial score (nSPS) is 10.0. The highest BCUT2D eigenvalue weighted by atomic mass is 16.5. The summed E-state index contributed by atoms with van der Waals surface area (Å²) in [6, 6.07) is 13.5. The molecule has 0 bridgehead atoms. The molecular formula is C19H20N2O4. The van der Waals surface area contributed by atoms with Crippen LogP contribution in [-0.4, -0.2) is 31.3 Å². The van der Waals surface area contributed by atoms with Gasteiger partial charge in [0.1, 0.15) is 12.3 Å². The summed E-state index contributed by atoms with van der Waals surface area (Å²) in [6.07, 6.45) is 0. The highest BCUT2D eigenvalue weighted by molar-refractivity contribution is 6.02. The van der Waals surface area contributed by atoms with Crippen molar-refractivity contribution in [2.24, 2.45) is 0 Å². The van der Waals surface area contributed by atoms with Crippen LogP contribution in [0.5, 0.6) is 5.75 Å². The summed E-state index contributed by atoms with van der Waals surface area (Å²) < 4.78 is 5.06. The number of methoxy groups -OCH3 is 1. The third-order valence-electron chi connectivity index (χ3n) is 3.64. The lowest BCUT2D eigenvalue weighted by Crippen LogP contribution is -2.36. The van der Waals surface area contributed by atoms with E-state index in [1.54, 1.807) is 55.6 Å². The van der Waals surface area contributed by atoms with Gasteiger partial charge in [0.25, 0.3) is 0 Å². The van der Waals surface area contributed by atoms with Crippen LogP contribution in [0.3, 0.4) is 0 Å². The molecule has 2 aromatic carbocycles. The fourth-order valence-corrected chi connectivity index (χ4v) is 2.28. The lowest BCUT2D eigenvalue weighted by atomic mass is 10.1. The predicted molar refractivity (Wildman–Crippen MR) is 96.1 cm³/mol. The number of amides is 2. The van der Waals surface area contributed by atoms with Gasteiger partial charge in [-0.15, -0.1) is 0 Å². The maximum atomic E-state index is 12.2. The Morgan fingerprint density at radius 3 is 2.04 bits per heavy atom. The number of Topliss-reactive ketones (excluding diaryl/α,β-unsaturated/α-hetero) is 1. The summed E-state index contributed by atoms with van der Waals surface area (Å²) in [4.78, 5) is 36.8. The van der Waals surface area contributed by atoms with E-state index in [9.17, 15) is 14.4 Å². The zero-order valence-corrected chi connectivity index (χ0v) is 14.4. The van der Waals surface area contributed by atoms with Gasteiger partial charge in [0.05, 0.1) is 7.11 Å². The third kappa shape index (κ3) is 4.91. The molecule has 0 unspecified atom stereocenters. The van der Waals surface area contributed by atoms with Crippen molar-refractivity contribution in [3.8, 4) is 5.75 Å². The van der Waals surface area contributed by atoms with E-state index in [1.165, 1.54) is 18.7 Å². The van der Waals surface area contributed by atoms with Crippen LogP contribution in [0, 0.1) is 0 Å². The van der Waals surface area contributed by atoms with Crippen molar-refractivity contribution >= 4 is 29.0 Å². The van der Waals surface area contributed by atoms with Gasteiger partial charge in [-0.2, -0.15) is 0 Å². The van der Waals surface area contributed by atoms with Crippen molar-refractivity contribution in [3.05, 3.63) is 54.1 Å². The fraction of sp³-hybridized carbons (Fsp3) is 0.211. The van der Waals surface area contributed by atoms with Gasteiger partial charge in [-0.1, -0.05) is 0 Å². The van der Waals surface area contributed by atoms with Crippen LogP contribution in [-0.2, 0) is 9.59 Å². The van der Waals surface area contributed by atoms with E-state index in [0.29, 0.717) is 22.7 Å². The maximum Gasteiger partial charge on any atom is 0.244 e. The van der Waals surface area contributed by atoms with E-state index < -0.39 is 0 Å². The quantitative estimate of drug-likeness (QED) is 0.821. The lowest BCUT2D eigenvalue weighted by Gasteiger charge is -2.21. The number of ketones is 1. The van der Waals surface area contributed by atoms with Crippen LogP contribution < -0.4 is 15.0 Å². The van der Waals surface area contributed by atoms with E-state index in [1.807, 2.05) is 0 Å². The first-order valence-electron chi connectivity index (χ1n) is 7.73. The van der Waals surface area contributed by atoms with E-state index >= 15 is 0 Å². The molecule has 130 valence electrons. The number of ether oxygens (including phenoxy) is 1.